The Hall–Kier alpha value is -1.22. The van der Waals surface area contributed by atoms with E-state index in [0.29, 0.717) is 18.1 Å². The molecule has 1 rings (SSSR count). The summed E-state index contributed by atoms with van der Waals surface area (Å²) in [4.78, 5) is 10.8. The van der Waals surface area contributed by atoms with Crippen molar-refractivity contribution in [1.29, 1.82) is 0 Å². The van der Waals surface area contributed by atoms with Crippen LogP contribution in [0.4, 0.5) is 0 Å². The van der Waals surface area contributed by atoms with Crippen LogP contribution >= 0.6 is 11.6 Å². The van der Waals surface area contributed by atoms with Gasteiger partial charge in [-0.15, -0.1) is 0 Å². The molecule has 3 nitrogen and oxygen atoms in total. The molecule has 0 aliphatic heterocycles. The molecule has 0 saturated heterocycles. The van der Waals surface area contributed by atoms with Gasteiger partial charge in [0.1, 0.15) is 0 Å². The molecule has 0 bridgehead atoms. The van der Waals surface area contributed by atoms with Crippen LogP contribution in [0.1, 0.15) is 13.8 Å². The van der Waals surface area contributed by atoms with Gasteiger partial charge in [0.25, 0.3) is 5.24 Å². The molecule has 0 radical (unpaired) electrons. The fourth-order valence-corrected chi connectivity index (χ4v) is 1.10. The summed E-state index contributed by atoms with van der Waals surface area (Å²) in [5, 5.41) is -0.527. The first-order chi connectivity index (χ1) is 7.15. The molecule has 0 aliphatic carbocycles. The summed E-state index contributed by atoms with van der Waals surface area (Å²) in [5.74, 6) is 1.14. The number of hydrogen-bond donors (Lipinski definition) is 0. The molecular weight excluding hydrogens is 216 g/mol. The molecule has 1 aromatic rings. The molecule has 0 saturated carbocycles. The van der Waals surface area contributed by atoms with Crippen molar-refractivity contribution >= 4 is 16.8 Å². The largest absolute Gasteiger partial charge is 0.490 e. The summed E-state index contributed by atoms with van der Waals surface area (Å²) in [6, 6.07) is 7.17. The second-order valence-corrected chi connectivity index (χ2v) is 3.32. The number of hydrogen-bond acceptors (Lipinski definition) is 3. The first kappa shape index (κ1) is 11.9. The van der Waals surface area contributed by atoms with Gasteiger partial charge in [-0.25, -0.2) is 0 Å². The van der Waals surface area contributed by atoms with Crippen molar-refractivity contribution in [2.45, 2.75) is 20.0 Å². The van der Waals surface area contributed by atoms with Crippen LogP contribution in [0.2, 0.25) is 0 Å². The fourth-order valence-electron chi connectivity index (χ4n) is 1.06. The second kappa shape index (κ2) is 5.61. The number of rotatable bonds is 5. The second-order valence-electron chi connectivity index (χ2n) is 2.94. The minimum absolute atomic E-state index is 0.527. The van der Waals surface area contributed by atoms with Crippen LogP contribution in [-0.4, -0.2) is 18.0 Å². The van der Waals surface area contributed by atoms with Crippen LogP contribution in [0.3, 0.4) is 0 Å². The summed E-state index contributed by atoms with van der Waals surface area (Å²) in [5.41, 5.74) is 0. The van der Waals surface area contributed by atoms with Crippen LogP contribution in [0.5, 0.6) is 11.5 Å². The van der Waals surface area contributed by atoms with E-state index in [1.807, 2.05) is 19.1 Å². The van der Waals surface area contributed by atoms with Crippen LogP contribution in [0.25, 0.3) is 0 Å². The SMILES string of the molecule is CCOc1ccccc1OC(C)C(=O)Cl. The predicted molar refractivity (Wildman–Crippen MR) is 58.6 cm³/mol. The van der Waals surface area contributed by atoms with E-state index < -0.39 is 11.3 Å². The van der Waals surface area contributed by atoms with E-state index >= 15 is 0 Å². The Balaban J connectivity index is 2.79. The maximum atomic E-state index is 10.8. The molecule has 1 atom stereocenters. The standard InChI is InChI=1S/C11H13ClO3/c1-3-14-9-6-4-5-7-10(9)15-8(2)11(12)13/h4-8H,3H2,1-2H3. The summed E-state index contributed by atoms with van der Waals surface area (Å²) in [6.45, 7) is 4.02. The van der Waals surface area contributed by atoms with E-state index in [1.54, 1.807) is 19.1 Å². The smallest absolute Gasteiger partial charge is 0.262 e. The van der Waals surface area contributed by atoms with Gasteiger partial charge in [0.05, 0.1) is 6.61 Å². The van der Waals surface area contributed by atoms with Crippen molar-refractivity contribution in [3.8, 4) is 11.5 Å². The normalized spacial score (nSPS) is 11.9. The molecule has 1 unspecified atom stereocenters. The highest BCUT2D eigenvalue weighted by Gasteiger charge is 2.13. The average Bonchev–Trinajstić information content (AvgIpc) is 2.21. The molecule has 0 N–H and O–H groups in total. The molecule has 0 fully saturated rings. The predicted octanol–water partition coefficient (Wildman–Crippen LogP) is 2.62. The van der Waals surface area contributed by atoms with Crippen LogP contribution in [0.15, 0.2) is 24.3 Å². The Kier molecular flexibility index (Phi) is 4.43. The Morgan fingerprint density at radius 3 is 2.53 bits per heavy atom. The van der Waals surface area contributed by atoms with Crippen molar-refractivity contribution in [2.24, 2.45) is 0 Å². The maximum absolute atomic E-state index is 10.8. The average molecular weight is 229 g/mol. The van der Waals surface area contributed by atoms with E-state index in [0.717, 1.165) is 0 Å². The highest BCUT2D eigenvalue weighted by molar-refractivity contribution is 6.64. The van der Waals surface area contributed by atoms with Crippen LogP contribution < -0.4 is 9.47 Å². The third-order valence-electron chi connectivity index (χ3n) is 1.77. The Labute approximate surface area is 93.9 Å². The van der Waals surface area contributed by atoms with E-state index in [9.17, 15) is 4.79 Å². The van der Waals surface area contributed by atoms with Gasteiger partial charge in [0.2, 0.25) is 0 Å². The zero-order valence-corrected chi connectivity index (χ0v) is 9.45. The molecule has 0 heterocycles. The van der Waals surface area contributed by atoms with Gasteiger partial charge in [-0.3, -0.25) is 4.79 Å². The molecular formula is C11H13ClO3. The fraction of sp³-hybridized carbons (Fsp3) is 0.364. The minimum Gasteiger partial charge on any atom is -0.490 e. The Bertz CT molecular complexity index is 338. The highest BCUT2D eigenvalue weighted by Crippen LogP contribution is 2.27. The molecule has 0 aromatic heterocycles. The topological polar surface area (TPSA) is 35.5 Å². The number of para-hydroxylation sites is 2. The monoisotopic (exact) mass is 228 g/mol. The lowest BCUT2D eigenvalue weighted by atomic mass is 10.3. The van der Waals surface area contributed by atoms with Crippen molar-refractivity contribution in [3.05, 3.63) is 24.3 Å². The first-order valence-electron chi connectivity index (χ1n) is 4.73. The summed E-state index contributed by atoms with van der Waals surface area (Å²) < 4.78 is 10.7. The molecule has 0 amide bonds. The van der Waals surface area contributed by atoms with Crippen molar-refractivity contribution in [3.63, 3.8) is 0 Å². The zero-order chi connectivity index (χ0) is 11.3. The molecule has 82 valence electrons. The highest BCUT2D eigenvalue weighted by atomic mass is 35.5. The third-order valence-corrected chi connectivity index (χ3v) is 2.08. The van der Waals surface area contributed by atoms with Gasteiger partial charge in [-0.2, -0.15) is 0 Å². The van der Waals surface area contributed by atoms with Gasteiger partial charge in [0, 0.05) is 0 Å². The maximum Gasteiger partial charge on any atom is 0.262 e. The summed E-state index contributed by atoms with van der Waals surface area (Å²) in [7, 11) is 0. The van der Waals surface area contributed by atoms with E-state index in [1.165, 1.54) is 0 Å². The van der Waals surface area contributed by atoms with E-state index in [4.69, 9.17) is 21.1 Å². The summed E-state index contributed by atoms with van der Waals surface area (Å²) >= 11 is 5.30. The molecule has 0 aliphatic rings. The number of carbonyl (C=O) groups excluding carboxylic acids is 1. The van der Waals surface area contributed by atoms with Crippen molar-refractivity contribution < 1.29 is 14.3 Å². The van der Waals surface area contributed by atoms with Crippen LogP contribution in [0, 0.1) is 0 Å². The lowest BCUT2D eigenvalue weighted by Crippen LogP contribution is -2.19. The van der Waals surface area contributed by atoms with Crippen molar-refractivity contribution in [2.75, 3.05) is 6.61 Å². The number of benzene rings is 1. The Morgan fingerprint density at radius 1 is 1.40 bits per heavy atom. The van der Waals surface area contributed by atoms with Gasteiger partial charge in [-0.1, -0.05) is 12.1 Å². The summed E-state index contributed by atoms with van der Waals surface area (Å²) in [6.07, 6.45) is -0.673. The number of ether oxygens (including phenoxy) is 2. The van der Waals surface area contributed by atoms with E-state index in [2.05, 4.69) is 0 Å². The quantitative estimate of drug-likeness (QED) is 0.727. The third kappa shape index (κ3) is 3.44. The van der Waals surface area contributed by atoms with Gasteiger partial charge >= 0.3 is 0 Å². The Morgan fingerprint density at radius 2 is 2.00 bits per heavy atom. The lowest BCUT2D eigenvalue weighted by Gasteiger charge is -2.14. The van der Waals surface area contributed by atoms with Gasteiger partial charge in [-0.05, 0) is 37.6 Å². The molecule has 1 aromatic carbocycles. The molecule has 4 heteroatoms. The number of carbonyl (C=O) groups is 1. The first-order valence-corrected chi connectivity index (χ1v) is 5.10. The molecule has 0 spiro atoms. The van der Waals surface area contributed by atoms with Crippen molar-refractivity contribution in [1.82, 2.24) is 0 Å². The number of halogens is 1. The molecule has 15 heavy (non-hydrogen) atoms. The van der Waals surface area contributed by atoms with Crippen LogP contribution in [-0.2, 0) is 4.79 Å². The zero-order valence-electron chi connectivity index (χ0n) is 8.70. The minimum atomic E-state index is -0.673. The van der Waals surface area contributed by atoms with Gasteiger partial charge in [0.15, 0.2) is 17.6 Å². The van der Waals surface area contributed by atoms with E-state index in [-0.39, 0.29) is 0 Å². The van der Waals surface area contributed by atoms with Gasteiger partial charge < -0.3 is 9.47 Å². The lowest BCUT2D eigenvalue weighted by molar-refractivity contribution is -0.117.